The van der Waals surface area contributed by atoms with E-state index >= 15 is 0 Å². The summed E-state index contributed by atoms with van der Waals surface area (Å²) in [4.78, 5) is 24.5. The third-order valence-corrected chi connectivity index (χ3v) is 3.11. The minimum atomic E-state index is -0.848. The number of amides is 1. The van der Waals surface area contributed by atoms with Crippen molar-refractivity contribution in [1.29, 1.82) is 0 Å². The van der Waals surface area contributed by atoms with Crippen LogP contribution in [0.3, 0.4) is 0 Å². The minimum Gasteiger partial charge on any atom is -0.481 e. The van der Waals surface area contributed by atoms with Crippen molar-refractivity contribution >= 4 is 11.9 Å². The number of nitrogens with zero attached hydrogens (tertiary/aromatic N) is 1. The van der Waals surface area contributed by atoms with Crippen LogP contribution in [-0.2, 0) is 16.1 Å². The Hall–Kier alpha value is -1.88. The summed E-state index contributed by atoms with van der Waals surface area (Å²) < 4.78 is 0. The van der Waals surface area contributed by atoms with Crippen LogP contribution in [-0.4, -0.2) is 41.5 Å². The molecule has 116 valence electrons. The van der Waals surface area contributed by atoms with E-state index in [0.717, 1.165) is 18.4 Å². The number of benzene rings is 1. The molecule has 0 spiro atoms. The van der Waals surface area contributed by atoms with Gasteiger partial charge in [0.2, 0.25) is 5.91 Å². The lowest BCUT2D eigenvalue weighted by Gasteiger charge is -2.21. The minimum absolute atomic E-state index is 0.0368. The average Bonchev–Trinajstić information content (AvgIpc) is 2.46. The number of unbranched alkanes of at least 4 members (excludes halogenated alkanes) is 1. The van der Waals surface area contributed by atoms with Crippen molar-refractivity contribution in [3.05, 3.63) is 35.9 Å². The van der Waals surface area contributed by atoms with E-state index in [4.69, 9.17) is 5.11 Å². The molecule has 1 amide bonds. The first-order valence-electron chi connectivity index (χ1n) is 7.36. The number of hydrogen-bond donors (Lipinski definition) is 2. The number of hydrogen-bond acceptors (Lipinski definition) is 3. The molecule has 0 atom stereocenters. The van der Waals surface area contributed by atoms with Crippen molar-refractivity contribution in [2.24, 2.45) is 0 Å². The van der Waals surface area contributed by atoms with Crippen LogP contribution in [0, 0.1) is 0 Å². The zero-order valence-electron chi connectivity index (χ0n) is 12.5. The molecular weight excluding hydrogens is 268 g/mol. The molecule has 0 radical (unpaired) electrons. The van der Waals surface area contributed by atoms with Gasteiger partial charge in [0.25, 0.3) is 0 Å². The number of carbonyl (C=O) groups is 2. The molecule has 1 aromatic carbocycles. The van der Waals surface area contributed by atoms with Gasteiger partial charge in [-0.05, 0) is 12.0 Å². The van der Waals surface area contributed by atoms with Crippen molar-refractivity contribution < 1.29 is 14.7 Å². The molecule has 0 heterocycles. The van der Waals surface area contributed by atoms with E-state index in [0.29, 0.717) is 19.6 Å². The maximum atomic E-state index is 11.9. The highest BCUT2D eigenvalue weighted by Gasteiger charge is 2.12. The molecule has 21 heavy (non-hydrogen) atoms. The smallest absolute Gasteiger partial charge is 0.304 e. The quantitative estimate of drug-likeness (QED) is 0.646. The number of carboxylic acid groups (broad SMARTS) is 1. The molecule has 0 unspecified atom stereocenters. The summed E-state index contributed by atoms with van der Waals surface area (Å²) in [5.74, 6) is -0.899. The van der Waals surface area contributed by atoms with Gasteiger partial charge in [-0.3, -0.25) is 14.5 Å². The highest BCUT2D eigenvalue weighted by molar-refractivity contribution is 5.78. The van der Waals surface area contributed by atoms with E-state index in [9.17, 15) is 9.59 Å². The first-order valence-corrected chi connectivity index (χ1v) is 7.36. The molecule has 0 aliphatic heterocycles. The maximum absolute atomic E-state index is 11.9. The molecule has 5 heteroatoms. The van der Waals surface area contributed by atoms with Gasteiger partial charge in [-0.2, -0.15) is 0 Å². The van der Waals surface area contributed by atoms with Crippen LogP contribution in [0.25, 0.3) is 0 Å². The summed E-state index contributed by atoms with van der Waals surface area (Å²) in [6.45, 7) is 3.92. The summed E-state index contributed by atoms with van der Waals surface area (Å²) in [5.41, 5.74) is 1.07. The molecule has 0 aromatic heterocycles. The van der Waals surface area contributed by atoms with Gasteiger partial charge in [0.05, 0.1) is 13.0 Å². The van der Waals surface area contributed by atoms with Gasteiger partial charge < -0.3 is 10.4 Å². The molecule has 0 aliphatic carbocycles. The molecule has 0 bridgehead atoms. The van der Waals surface area contributed by atoms with Gasteiger partial charge in [-0.25, -0.2) is 0 Å². The van der Waals surface area contributed by atoms with E-state index in [-0.39, 0.29) is 18.9 Å². The second-order valence-corrected chi connectivity index (χ2v) is 5.04. The predicted molar refractivity (Wildman–Crippen MR) is 81.9 cm³/mol. The van der Waals surface area contributed by atoms with E-state index in [2.05, 4.69) is 12.2 Å². The fourth-order valence-electron chi connectivity index (χ4n) is 1.97. The normalized spacial score (nSPS) is 10.6. The van der Waals surface area contributed by atoms with E-state index in [1.54, 1.807) is 0 Å². The summed E-state index contributed by atoms with van der Waals surface area (Å²) in [5, 5.41) is 11.7. The molecule has 0 aliphatic rings. The van der Waals surface area contributed by atoms with Crippen LogP contribution < -0.4 is 5.32 Å². The van der Waals surface area contributed by atoms with E-state index < -0.39 is 5.97 Å². The second kappa shape index (κ2) is 9.94. The fourth-order valence-corrected chi connectivity index (χ4v) is 1.97. The van der Waals surface area contributed by atoms with Gasteiger partial charge in [-0.15, -0.1) is 0 Å². The third-order valence-electron chi connectivity index (χ3n) is 3.11. The topological polar surface area (TPSA) is 69.6 Å². The summed E-state index contributed by atoms with van der Waals surface area (Å²) in [6, 6.07) is 9.76. The monoisotopic (exact) mass is 292 g/mol. The zero-order valence-corrected chi connectivity index (χ0v) is 12.5. The highest BCUT2D eigenvalue weighted by atomic mass is 16.4. The summed E-state index contributed by atoms with van der Waals surface area (Å²) >= 11 is 0. The van der Waals surface area contributed by atoms with Crippen LogP contribution in [0.1, 0.15) is 31.7 Å². The molecule has 5 nitrogen and oxygen atoms in total. The van der Waals surface area contributed by atoms with Gasteiger partial charge in [0, 0.05) is 19.6 Å². The lowest BCUT2D eigenvalue weighted by molar-refractivity contribution is -0.137. The van der Waals surface area contributed by atoms with Gasteiger partial charge in [0.1, 0.15) is 0 Å². The number of rotatable bonds is 10. The zero-order chi connectivity index (χ0) is 15.5. The van der Waals surface area contributed by atoms with Gasteiger partial charge in [-0.1, -0.05) is 43.7 Å². The van der Waals surface area contributed by atoms with E-state index in [1.807, 2.05) is 35.2 Å². The Labute approximate surface area is 126 Å². The van der Waals surface area contributed by atoms with Crippen LogP contribution in [0.4, 0.5) is 0 Å². The Balaban J connectivity index is 2.51. The first-order chi connectivity index (χ1) is 10.1. The fraction of sp³-hybridized carbons (Fsp3) is 0.500. The van der Waals surface area contributed by atoms with E-state index in [1.165, 1.54) is 0 Å². The Morgan fingerprint density at radius 3 is 2.57 bits per heavy atom. The number of aliphatic carboxylic acids is 1. The van der Waals surface area contributed by atoms with Gasteiger partial charge in [0.15, 0.2) is 0 Å². The Kier molecular flexibility index (Phi) is 8.12. The predicted octanol–water partition coefficient (Wildman–Crippen LogP) is 1.88. The van der Waals surface area contributed by atoms with Gasteiger partial charge >= 0.3 is 5.97 Å². The first kappa shape index (κ1) is 17.2. The third kappa shape index (κ3) is 8.09. The van der Waals surface area contributed by atoms with Crippen LogP contribution in [0.5, 0.6) is 0 Å². The van der Waals surface area contributed by atoms with Crippen molar-refractivity contribution in [2.45, 2.75) is 32.7 Å². The molecule has 2 N–H and O–H groups in total. The van der Waals surface area contributed by atoms with Crippen LogP contribution >= 0.6 is 0 Å². The summed E-state index contributed by atoms with van der Waals surface area (Å²) in [6.07, 6.45) is 2.03. The Morgan fingerprint density at radius 2 is 1.95 bits per heavy atom. The van der Waals surface area contributed by atoms with Crippen molar-refractivity contribution in [3.8, 4) is 0 Å². The second-order valence-electron chi connectivity index (χ2n) is 5.04. The molecule has 0 saturated heterocycles. The van der Waals surface area contributed by atoms with Crippen molar-refractivity contribution in [1.82, 2.24) is 10.2 Å². The van der Waals surface area contributed by atoms with Crippen molar-refractivity contribution in [3.63, 3.8) is 0 Å². The number of carboxylic acids is 1. The molecular formula is C16H24N2O3. The Morgan fingerprint density at radius 1 is 1.24 bits per heavy atom. The lowest BCUT2D eigenvalue weighted by Crippen LogP contribution is -2.38. The highest BCUT2D eigenvalue weighted by Crippen LogP contribution is 2.05. The van der Waals surface area contributed by atoms with Crippen LogP contribution in [0.2, 0.25) is 0 Å². The standard InChI is InChI=1S/C16H24N2O3/c1-2-3-10-17-15(19)13-18(11-9-16(20)21)12-14-7-5-4-6-8-14/h4-8H,2-3,9-13H2,1H3,(H,17,19)(H,20,21). The largest absolute Gasteiger partial charge is 0.481 e. The number of nitrogens with one attached hydrogen (secondary N) is 1. The maximum Gasteiger partial charge on any atom is 0.304 e. The Bertz CT molecular complexity index is 434. The van der Waals surface area contributed by atoms with Crippen LogP contribution in [0.15, 0.2) is 30.3 Å². The molecule has 0 saturated carbocycles. The molecule has 1 aromatic rings. The average molecular weight is 292 g/mol. The van der Waals surface area contributed by atoms with Crippen molar-refractivity contribution in [2.75, 3.05) is 19.6 Å². The summed E-state index contributed by atoms with van der Waals surface area (Å²) in [7, 11) is 0. The molecule has 0 fully saturated rings. The SMILES string of the molecule is CCCCNC(=O)CN(CCC(=O)O)Cc1ccccc1. The molecule has 1 rings (SSSR count). The lowest BCUT2D eigenvalue weighted by atomic mass is 10.2. The number of carbonyl (C=O) groups excluding carboxylic acids is 1.